The first-order chi connectivity index (χ1) is 9.92. The summed E-state index contributed by atoms with van der Waals surface area (Å²) in [5.74, 6) is 6.16. The van der Waals surface area contributed by atoms with Crippen molar-refractivity contribution in [1.82, 2.24) is 14.4 Å². The van der Waals surface area contributed by atoms with Crippen LogP contribution < -0.4 is 29.6 Å². The number of nitrogens with one attached hydrogen (secondary N) is 1. The number of rotatable bonds is 4. The molecule has 23 heavy (non-hydrogen) atoms. The molecule has 0 unspecified atom stereocenters. The Bertz CT molecular complexity index is 710. The number of urea groups is 1. The minimum atomic E-state index is -4.91. The van der Waals surface area contributed by atoms with Gasteiger partial charge < -0.3 is 15.2 Å². The number of carbonyl (C=O) groups is 2. The standard InChI is InChI=1S/C8H13N4O8S2.Na/c1-21(15,16)12(9)7(13)6-3-2-5-4-10(6)8(14)11(5)20-22(17,18)19;/h5-6,9H,2-4H2,1H3,(H,17,18,19);/q-1;+1/t5-,6+;/m1./s1. The molecule has 2 bridgehead atoms. The smallest absolute Gasteiger partial charge is 0.566 e. The van der Waals surface area contributed by atoms with Crippen molar-refractivity contribution < 1.29 is 64.8 Å². The molecule has 0 aromatic heterocycles. The molecule has 0 saturated carbocycles. The number of carbonyl (C=O) groups excluding carboxylic acids is 2. The Labute approximate surface area is 154 Å². The topological polar surface area (TPSA) is 165 Å². The van der Waals surface area contributed by atoms with E-state index in [0.29, 0.717) is 11.3 Å². The molecule has 15 heteroatoms. The third-order valence-corrected chi connectivity index (χ3v) is 4.51. The summed E-state index contributed by atoms with van der Waals surface area (Å²) in [6, 6.07) is -2.91. The van der Waals surface area contributed by atoms with Gasteiger partial charge >= 0.3 is 46.0 Å². The molecule has 12 nitrogen and oxygen atoms in total. The first-order valence-electron chi connectivity index (χ1n) is 5.94. The van der Waals surface area contributed by atoms with Crippen molar-refractivity contribution in [3.63, 3.8) is 0 Å². The zero-order valence-corrected chi connectivity index (χ0v) is 15.9. The van der Waals surface area contributed by atoms with E-state index in [1.165, 1.54) is 0 Å². The summed E-state index contributed by atoms with van der Waals surface area (Å²) in [5, 5.41) is 0.428. The molecule has 0 radical (unpaired) electrons. The number of nitrogens with zero attached hydrogens (tertiary/aromatic N) is 3. The molecule has 0 aromatic carbocycles. The quantitative estimate of drug-likeness (QED) is 0.291. The van der Waals surface area contributed by atoms with E-state index in [1.54, 1.807) is 0 Å². The maximum Gasteiger partial charge on any atom is 1.00 e. The Morgan fingerprint density at radius 1 is 1.35 bits per heavy atom. The third-order valence-electron chi connectivity index (χ3n) is 3.31. The van der Waals surface area contributed by atoms with Crippen LogP contribution in [0.15, 0.2) is 0 Å². The van der Waals surface area contributed by atoms with Crippen LogP contribution in [0.3, 0.4) is 0 Å². The van der Waals surface area contributed by atoms with Crippen molar-refractivity contribution in [3.8, 4) is 0 Å². The predicted molar refractivity (Wildman–Crippen MR) is 69.4 cm³/mol. The monoisotopic (exact) mass is 380 g/mol. The molecular weight excluding hydrogens is 367 g/mol. The number of hydrogen-bond acceptors (Lipinski definition) is 7. The Morgan fingerprint density at radius 2 is 1.91 bits per heavy atom. The minimum absolute atomic E-state index is 0. The second-order valence-electron chi connectivity index (χ2n) is 4.88. The molecule has 2 aliphatic heterocycles. The number of fused-ring (bicyclic) bond motifs is 2. The molecule has 3 amide bonds. The van der Waals surface area contributed by atoms with Crippen molar-refractivity contribution in [2.75, 3.05) is 12.8 Å². The fourth-order valence-electron chi connectivity index (χ4n) is 2.39. The van der Waals surface area contributed by atoms with E-state index in [4.69, 9.17) is 10.4 Å². The first-order valence-corrected chi connectivity index (χ1v) is 9.15. The van der Waals surface area contributed by atoms with Crippen molar-refractivity contribution in [2.24, 2.45) is 0 Å². The summed E-state index contributed by atoms with van der Waals surface area (Å²) >= 11 is 0. The molecule has 2 saturated heterocycles. The van der Waals surface area contributed by atoms with Crippen LogP contribution in [0.25, 0.3) is 5.84 Å². The fourth-order valence-corrected chi connectivity index (χ4v) is 3.22. The van der Waals surface area contributed by atoms with E-state index in [-0.39, 0.29) is 53.4 Å². The van der Waals surface area contributed by atoms with Gasteiger partial charge in [0.15, 0.2) is 0 Å². The molecule has 2 N–H and O–H groups in total. The van der Waals surface area contributed by atoms with Gasteiger partial charge in [-0.1, -0.05) is 0 Å². The zero-order valence-electron chi connectivity index (χ0n) is 12.2. The second-order valence-corrected chi connectivity index (χ2v) is 7.71. The van der Waals surface area contributed by atoms with Crippen molar-refractivity contribution in [3.05, 3.63) is 5.84 Å². The van der Waals surface area contributed by atoms with Crippen molar-refractivity contribution >= 4 is 32.4 Å². The molecule has 0 spiro atoms. The van der Waals surface area contributed by atoms with E-state index < -0.39 is 44.4 Å². The average Bonchev–Trinajstić information content (AvgIpc) is 2.60. The summed E-state index contributed by atoms with van der Waals surface area (Å²) in [6.45, 7) is -0.0810. The third kappa shape index (κ3) is 4.33. The minimum Gasteiger partial charge on any atom is -0.566 e. The van der Waals surface area contributed by atoms with Crippen LogP contribution in [0.1, 0.15) is 12.8 Å². The number of piperidine rings is 1. The van der Waals surface area contributed by atoms with Crippen LogP contribution >= 0.6 is 0 Å². The molecule has 0 aromatic rings. The van der Waals surface area contributed by atoms with Gasteiger partial charge in [0.2, 0.25) is 15.9 Å². The predicted octanol–water partition coefficient (Wildman–Crippen LogP) is -4.25. The normalized spacial score (nSPS) is 24.4. The SMILES string of the molecule is CS(=O)(=O)N([NH-])C(=O)[C@@H]1CC[C@@H]2CN1C(=O)N2OS(=O)(=O)O.[Na+]. The largest absolute Gasteiger partial charge is 1.00 e. The second kappa shape index (κ2) is 6.79. The molecule has 0 aliphatic carbocycles. The van der Waals surface area contributed by atoms with E-state index in [0.717, 1.165) is 4.90 Å². The molecule has 126 valence electrons. The molecule has 2 aliphatic rings. The maximum absolute atomic E-state index is 12.0. The van der Waals surface area contributed by atoms with E-state index in [1.807, 2.05) is 0 Å². The summed E-state index contributed by atoms with van der Waals surface area (Å²) in [6.07, 6.45) is 0.848. The summed E-state index contributed by atoms with van der Waals surface area (Å²) in [5.41, 5.74) is 0. The molecule has 2 atom stereocenters. The number of hydroxylamine groups is 2. The summed E-state index contributed by atoms with van der Waals surface area (Å²) in [4.78, 5) is 24.9. The van der Waals surface area contributed by atoms with Gasteiger partial charge in [-0.05, 0) is 12.8 Å². The van der Waals surface area contributed by atoms with Gasteiger partial charge in [0.05, 0.1) is 12.3 Å². The van der Waals surface area contributed by atoms with Gasteiger partial charge in [-0.2, -0.15) is 13.5 Å². The van der Waals surface area contributed by atoms with E-state index in [2.05, 4.69) is 4.28 Å². The fraction of sp³-hybridized carbons (Fsp3) is 0.750. The summed E-state index contributed by atoms with van der Waals surface area (Å²) in [7, 11) is -9.00. The molecule has 2 rings (SSSR count). The zero-order chi connectivity index (χ0) is 16.9. The van der Waals surface area contributed by atoms with Gasteiger partial charge in [0, 0.05) is 6.54 Å². The van der Waals surface area contributed by atoms with Gasteiger partial charge in [0.1, 0.15) is 6.04 Å². The Hall–Kier alpha value is -0.480. The average molecular weight is 380 g/mol. The van der Waals surface area contributed by atoms with Gasteiger partial charge in [-0.15, -0.1) is 4.28 Å². The van der Waals surface area contributed by atoms with Crippen LogP contribution in [0, 0.1) is 0 Å². The number of amides is 3. The summed E-state index contributed by atoms with van der Waals surface area (Å²) < 4.78 is 56.5. The number of sulfonamides is 1. The van der Waals surface area contributed by atoms with Crippen LogP contribution in [0.4, 0.5) is 4.79 Å². The molecule has 2 heterocycles. The van der Waals surface area contributed by atoms with E-state index >= 15 is 0 Å². The van der Waals surface area contributed by atoms with Crippen LogP contribution in [0.5, 0.6) is 0 Å². The Balaban J connectivity index is 0.00000264. The Morgan fingerprint density at radius 3 is 2.39 bits per heavy atom. The van der Waals surface area contributed by atoms with Crippen molar-refractivity contribution in [1.29, 1.82) is 0 Å². The van der Waals surface area contributed by atoms with Gasteiger partial charge in [0.25, 0.3) is 0 Å². The molecular formula is C8H13N4NaO8S2. The molecule has 2 fully saturated rings. The first kappa shape index (κ1) is 20.6. The van der Waals surface area contributed by atoms with Gasteiger partial charge in [-0.3, -0.25) is 9.35 Å². The van der Waals surface area contributed by atoms with E-state index in [9.17, 15) is 26.4 Å². The van der Waals surface area contributed by atoms with Crippen LogP contribution in [-0.2, 0) is 29.5 Å². The van der Waals surface area contributed by atoms with Crippen molar-refractivity contribution in [2.45, 2.75) is 24.9 Å². The van der Waals surface area contributed by atoms with Crippen LogP contribution in [-0.4, -0.2) is 72.6 Å². The van der Waals surface area contributed by atoms with Crippen LogP contribution in [0.2, 0.25) is 0 Å². The Kier molecular flexibility index (Phi) is 6.07. The van der Waals surface area contributed by atoms with Gasteiger partial charge in [-0.25, -0.2) is 13.2 Å². The number of hydrogen-bond donors (Lipinski definition) is 1. The maximum atomic E-state index is 12.0.